The lowest BCUT2D eigenvalue weighted by Crippen LogP contribution is -2.31. The van der Waals surface area contributed by atoms with Crippen molar-refractivity contribution in [3.8, 4) is 0 Å². The van der Waals surface area contributed by atoms with E-state index in [9.17, 15) is 0 Å². The van der Waals surface area contributed by atoms with E-state index in [2.05, 4.69) is 24.6 Å². The zero-order valence-corrected chi connectivity index (χ0v) is 10.7. The van der Waals surface area contributed by atoms with Gasteiger partial charge in [-0.15, -0.1) is 6.58 Å². The van der Waals surface area contributed by atoms with Crippen molar-refractivity contribution in [3.05, 3.63) is 37.1 Å². The van der Waals surface area contributed by atoms with Crippen LogP contribution in [0.15, 0.2) is 37.1 Å². The minimum atomic E-state index is 0.462. The summed E-state index contributed by atoms with van der Waals surface area (Å²) < 4.78 is 0. The van der Waals surface area contributed by atoms with Crippen LogP contribution in [-0.2, 0) is 0 Å². The smallest absolute Gasteiger partial charge is 0.0520 e. The first-order chi connectivity index (χ1) is 8.24. The molecular weight excluding hydrogens is 210 g/mol. The van der Waals surface area contributed by atoms with Crippen LogP contribution in [0.25, 0.3) is 0 Å². The molecule has 1 saturated heterocycles. The fourth-order valence-corrected chi connectivity index (χ4v) is 1.98. The van der Waals surface area contributed by atoms with Gasteiger partial charge in [-0.2, -0.15) is 0 Å². The molecule has 0 amide bonds. The molecule has 0 aromatic rings. The molecule has 0 radical (unpaired) electrons. The highest BCUT2D eigenvalue weighted by Gasteiger charge is 2.07. The molecule has 1 fully saturated rings. The Labute approximate surface area is 105 Å². The molecule has 3 heteroatoms. The van der Waals surface area contributed by atoms with E-state index in [4.69, 9.17) is 5.84 Å². The summed E-state index contributed by atoms with van der Waals surface area (Å²) in [6.07, 6.45) is 12.4. The predicted octanol–water partition coefficient (Wildman–Crippen LogP) is 2.34. The van der Waals surface area contributed by atoms with E-state index in [0.717, 1.165) is 12.2 Å². The number of hydrogen-bond acceptors (Lipinski definition) is 3. The molecule has 1 atom stereocenters. The van der Waals surface area contributed by atoms with Crippen LogP contribution in [-0.4, -0.2) is 24.1 Å². The number of hydrogen-bond donors (Lipinski definition) is 2. The monoisotopic (exact) mass is 235 g/mol. The van der Waals surface area contributed by atoms with Gasteiger partial charge in [0, 0.05) is 11.7 Å². The molecular formula is C14H25N3. The fourth-order valence-electron chi connectivity index (χ4n) is 1.98. The second kappa shape index (κ2) is 8.09. The largest absolute Gasteiger partial charge is 0.311 e. The van der Waals surface area contributed by atoms with Gasteiger partial charge in [-0.05, 0) is 25.5 Å². The lowest BCUT2D eigenvalue weighted by Gasteiger charge is -2.20. The minimum Gasteiger partial charge on any atom is -0.311 e. The number of nitrogens with one attached hydrogen (secondary N) is 1. The highest BCUT2D eigenvalue weighted by molar-refractivity contribution is 5.15. The molecule has 1 heterocycles. The van der Waals surface area contributed by atoms with Crippen molar-refractivity contribution in [3.63, 3.8) is 0 Å². The van der Waals surface area contributed by atoms with Crippen LogP contribution in [0.4, 0.5) is 0 Å². The van der Waals surface area contributed by atoms with Gasteiger partial charge in [0.25, 0.3) is 0 Å². The number of nitrogens with two attached hydrogens (primary N) is 1. The van der Waals surface area contributed by atoms with Crippen LogP contribution in [0, 0.1) is 0 Å². The maximum atomic E-state index is 5.79. The molecule has 1 aliphatic heterocycles. The summed E-state index contributed by atoms with van der Waals surface area (Å²) in [6.45, 7) is 9.33. The van der Waals surface area contributed by atoms with E-state index in [1.54, 1.807) is 11.1 Å². The van der Waals surface area contributed by atoms with Crippen molar-refractivity contribution in [2.75, 3.05) is 13.1 Å². The summed E-state index contributed by atoms with van der Waals surface area (Å²) >= 11 is 0. The highest BCUT2D eigenvalue weighted by Crippen LogP contribution is 2.11. The Balaban J connectivity index is 2.39. The first-order valence-corrected chi connectivity index (χ1v) is 6.47. The quantitative estimate of drug-likeness (QED) is 0.333. The van der Waals surface area contributed by atoms with Gasteiger partial charge in [0.1, 0.15) is 0 Å². The van der Waals surface area contributed by atoms with Gasteiger partial charge in [-0.1, -0.05) is 38.0 Å². The third-order valence-corrected chi connectivity index (χ3v) is 3.06. The zero-order chi connectivity index (χ0) is 12.5. The molecule has 0 saturated carbocycles. The van der Waals surface area contributed by atoms with Gasteiger partial charge in [-0.25, -0.2) is 5.84 Å². The van der Waals surface area contributed by atoms with Gasteiger partial charge in [0.15, 0.2) is 0 Å². The van der Waals surface area contributed by atoms with Gasteiger partial charge < -0.3 is 10.3 Å². The van der Waals surface area contributed by atoms with E-state index >= 15 is 0 Å². The summed E-state index contributed by atoms with van der Waals surface area (Å²) in [4.78, 5) is 0. The summed E-state index contributed by atoms with van der Waals surface area (Å²) in [6, 6.07) is 0.462. The lowest BCUT2D eigenvalue weighted by atomic mass is 10.0. The van der Waals surface area contributed by atoms with E-state index in [0.29, 0.717) is 12.6 Å². The standard InChI is InChI=1S/C14H25N3/c1-3-12-17(15)13(2)9-10-14-8-6-4-5-7-11-16-14/h3,9-10,14,16H,1-2,4-8,11-12,15H2/b10-9-. The molecule has 0 bridgehead atoms. The lowest BCUT2D eigenvalue weighted by molar-refractivity contribution is 0.412. The van der Waals surface area contributed by atoms with Crippen molar-refractivity contribution in [2.24, 2.45) is 5.84 Å². The number of allylic oxidation sites excluding steroid dienone is 1. The van der Waals surface area contributed by atoms with E-state index < -0.39 is 0 Å². The van der Waals surface area contributed by atoms with E-state index in [-0.39, 0.29) is 0 Å². The van der Waals surface area contributed by atoms with Crippen molar-refractivity contribution < 1.29 is 0 Å². The van der Waals surface area contributed by atoms with Crippen molar-refractivity contribution in [1.29, 1.82) is 0 Å². The van der Waals surface area contributed by atoms with Crippen molar-refractivity contribution >= 4 is 0 Å². The van der Waals surface area contributed by atoms with Gasteiger partial charge in [0.05, 0.1) is 6.54 Å². The normalized spacial score (nSPS) is 21.8. The summed E-state index contributed by atoms with van der Waals surface area (Å²) in [5, 5.41) is 5.14. The van der Waals surface area contributed by atoms with Gasteiger partial charge in [-0.3, -0.25) is 0 Å². The Hall–Kier alpha value is -1.06. The molecule has 3 nitrogen and oxygen atoms in total. The number of nitrogens with zero attached hydrogens (tertiary/aromatic N) is 1. The van der Waals surface area contributed by atoms with Gasteiger partial charge >= 0.3 is 0 Å². The van der Waals surface area contributed by atoms with Crippen LogP contribution in [0.2, 0.25) is 0 Å². The van der Waals surface area contributed by atoms with Crippen LogP contribution in [0.5, 0.6) is 0 Å². The molecule has 0 aromatic heterocycles. The van der Waals surface area contributed by atoms with Crippen molar-refractivity contribution in [2.45, 2.75) is 38.1 Å². The van der Waals surface area contributed by atoms with Crippen LogP contribution in [0.3, 0.4) is 0 Å². The summed E-state index contributed by atoms with van der Waals surface area (Å²) in [5.41, 5.74) is 0.828. The molecule has 0 aromatic carbocycles. The second-order valence-electron chi connectivity index (χ2n) is 4.55. The van der Waals surface area contributed by atoms with Crippen molar-refractivity contribution in [1.82, 2.24) is 10.3 Å². The first kappa shape index (κ1) is 14.0. The maximum Gasteiger partial charge on any atom is 0.0520 e. The molecule has 0 spiro atoms. The Bertz CT molecular complexity index is 263. The third kappa shape index (κ3) is 5.71. The first-order valence-electron chi connectivity index (χ1n) is 6.47. The molecule has 0 aliphatic carbocycles. The highest BCUT2D eigenvalue weighted by atomic mass is 15.4. The second-order valence-corrected chi connectivity index (χ2v) is 4.55. The average molecular weight is 235 g/mol. The van der Waals surface area contributed by atoms with Gasteiger partial charge in [0.2, 0.25) is 0 Å². The Kier molecular flexibility index (Phi) is 6.67. The summed E-state index contributed by atoms with van der Waals surface area (Å²) in [5.74, 6) is 5.79. The molecule has 1 aliphatic rings. The Morgan fingerprint density at radius 1 is 1.35 bits per heavy atom. The Morgan fingerprint density at radius 2 is 2.12 bits per heavy atom. The van der Waals surface area contributed by atoms with E-state index in [1.165, 1.54) is 32.1 Å². The third-order valence-electron chi connectivity index (χ3n) is 3.06. The maximum absolute atomic E-state index is 5.79. The topological polar surface area (TPSA) is 41.3 Å². The predicted molar refractivity (Wildman–Crippen MR) is 74.2 cm³/mol. The van der Waals surface area contributed by atoms with Crippen LogP contribution >= 0.6 is 0 Å². The molecule has 3 N–H and O–H groups in total. The minimum absolute atomic E-state index is 0.462. The van der Waals surface area contributed by atoms with Crippen LogP contribution < -0.4 is 11.2 Å². The van der Waals surface area contributed by atoms with E-state index in [1.807, 2.05) is 6.08 Å². The molecule has 1 rings (SSSR count). The fraction of sp³-hybridized carbons (Fsp3) is 0.571. The number of rotatable bonds is 5. The zero-order valence-electron chi connectivity index (χ0n) is 10.7. The summed E-state index contributed by atoms with van der Waals surface area (Å²) in [7, 11) is 0. The van der Waals surface area contributed by atoms with Crippen LogP contribution in [0.1, 0.15) is 32.1 Å². The number of hydrazine groups is 1. The molecule has 1 unspecified atom stereocenters. The Morgan fingerprint density at radius 3 is 2.88 bits per heavy atom. The molecule has 96 valence electrons. The SMILES string of the molecule is C=CCN(N)C(=C)/C=C\C1CCCCCCN1. The molecule has 17 heavy (non-hydrogen) atoms. The average Bonchev–Trinajstić information content (AvgIpc) is 2.27.